The van der Waals surface area contributed by atoms with Crippen molar-refractivity contribution in [2.75, 3.05) is 11.9 Å². The van der Waals surface area contributed by atoms with Crippen LogP contribution < -0.4 is 10.6 Å². The molecule has 2 amide bonds. The van der Waals surface area contributed by atoms with Crippen LogP contribution in [0.5, 0.6) is 0 Å². The summed E-state index contributed by atoms with van der Waals surface area (Å²) in [6.07, 6.45) is 1.67. The number of carbonyl (C=O) groups excluding carboxylic acids is 2. The molecular weight excluding hydrogens is 298 g/mol. The van der Waals surface area contributed by atoms with Crippen LogP contribution in [0, 0.1) is 6.92 Å². The predicted molar refractivity (Wildman–Crippen MR) is 79.3 cm³/mol. The van der Waals surface area contributed by atoms with E-state index in [1.54, 1.807) is 30.5 Å². The molecule has 0 aliphatic heterocycles. The standard InChI is InChI=1S/C13H12ClN3O2S/c1-8-6-16-13(20-8)17-11(18)7-15-12(19)9-3-2-4-10(14)5-9/h2-6H,7H2,1H3,(H,15,19)(H,16,17,18). The Morgan fingerprint density at radius 3 is 2.85 bits per heavy atom. The monoisotopic (exact) mass is 309 g/mol. The van der Waals surface area contributed by atoms with Crippen molar-refractivity contribution in [3.8, 4) is 0 Å². The smallest absolute Gasteiger partial charge is 0.251 e. The summed E-state index contributed by atoms with van der Waals surface area (Å²) < 4.78 is 0. The third-order valence-corrected chi connectivity index (χ3v) is 3.43. The molecule has 0 fully saturated rings. The van der Waals surface area contributed by atoms with Crippen LogP contribution in [0.2, 0.25) is 5.02 Å². The van der Waals surface area contributed by atoms with Crippen molar-refractivity contribution in [1.82, 2.24) is 10.3 Å². The van der Waals surface area contributed by atoms with Crippen molar-refractivity contribution in [2.45, 2.75) is 6.92 Å². The summed E-state index contributed by atoms with van der Waals surface area (Å²) in [7, 11) is 0. The average molecular weight is 310 g/mol. The van der Waals surface area contributed by atoms with Crippen molar-refractivity contribution >= 4 is 39.9 Å². The molecule has 0 saturated heterocycles. The second-order valence-electron chi connectivity index (χ2n) is 4.02. The lowest BCUT2D eigenvalue weighted by molar-refractivity contribution is -0.115. The Labute approximate surface area is 125 Å². The first-order chi connectivity index (χ1) is 9.54. The van der Waals surface area contributed by atoms with Gasteiger partial charge in [0.05, 0.1) is 6.54 Å². The van der Waals surface area contributed by atoms with Crippen LogP contribution in [-0.2, 0) is 4.79 Å². The molecule has 0 saturated carbocycles. The SMILES string of the molecule is Cc1cnc(NC(=O)CNC(=O)c2cccc(Cl)c2)s1. The van der Waals surface area contributed by atoms with Gasteiger partial charge in [-0.05, 0) is 25.1 Å². The molecule has 2 rings (SSSR count). The number of nitrogens with one attached hydrogen (secondary N) is 2. The summed E-state index contributed by atoms with van der Waals surface area (Å²) in [5.41, 5.74) is 0.412. The maximum absolute atomic E-state index is 11.8. The minimum atomic E-state index is -0.349. The van der Waals surface area contributed by atoms with Crippen LogP contribution in [0.15, 0.2) is 30.5 Å². The molecule has 0 aliphatic rings. The van der Waals surface area contributed by atoms with Crippen molar-refractivity contribution in [2.24, 2.45) is 0 Å². The number of aryl methyl sites for hydroxylation is 1. The molecule has 7 heteroatoms. The van der Waals surface area contributed by atoms with Gasteiger partial charge in [0.15, 0.2) is 5.13 Å². The summed E-state index contributed by atoms with van der Waals surface area (Å²) in [6.45, 7) is 1.78. The first kappa shape index (κ1) is 14.5. The van der Waals surface area contributed by atoms with E-state index in [4.69, 9.17) is 11.6 Å². The van der Waals surface area contributed by atoms with E-state index in [0.29, 0.717) is 15.7 Å². The quantitative estimate of drug-likeness (QED) is 0.911. The van der Waals surface area contributed by atoms with Crippen molar-refractivity contribution in [1.29, 1.82) is 0 Å². The molecule has 0 atom stereocenters. The van der Waals surface area contributed by atoms with Crippen LogP contribution in [0.1, 0.15) is 15.2 Å². The summed E-state index contributed by atoms with van der Waals surface area (Å²) in [5, 5.41) is 6.12. The molecule has 1 heterocycles. The number of carbonyl (C=O) groups is 2. The minimum absolute atomic E-state index is 0.121. The zero-order chi connectivity index (χ0) is 14.5. The highest BCUT2D eigenvalue weighted by atomic mass is 35.5. The normalized spacial score (nSPS) is 10.1. The number of amides is 2. The zero-order valence-corrected chi connectivity index (χ0v) is 12.2. The number of benzene rings is 1. The minimum Gasteiger partial charge on any atom is -0.343 e. The molecule has 0 bridgehead atoms. The van der Waals surface area contributed by atoms with E-state index in [9.17, 15) is 9.59 Å². The van der Waals surface area contributed by atoms with Crippen molar-refractivity contribution in [3.63, 3.8) is 0 Å². The van der Waals surface area contributed by atoms with Gasteiger partial charge in [-0.1, -0.05) is 17.7 Å². The fraction of sp³-hybridized carbons (Fsp3) is 0.154. The Morgan fingerprint density at radius 2 is 2.20 bits per heavy atom. The predicted octanol–water partition coefficient (Wildman–Crippen LogP) is 2.47. The van der Waals surface area contributed by atoms with Gasteiger partial charge in [0, 0.05) is 21.7 Å². The lowest BCUT2D eigenvalue weighted by Gasteiger charge is -2.05. The molecule has 5 nitrogen and oxygen atoms in total. The Bertz CT molecular complexity index is 642. The fourth-order valence-corrected chi connectivity index (χ4v) is 2.34. The van der Waals surface area contributed by atoms with Crippen molar-refractivity contribution < 1.29 is 9.59 Å². The Hall–Kier alpha value is -1.92. The summed E-state index contributed by atoms with van der Waals surface area (Å²) in [5.74, 6) is -0.673. The Kier molecular flexibility index (Phi) is 4.70. The van der Waals surface area contributed by atoms with Crippen LogP contribution in [0.3, 0.4) is 0 Å². The van der Waals surface area contributed by atoms with E-state index in [0.717, 1.165) is 4.88 Å². The van der Waals surface area contributed by atoms with Crippen molar-refractivity contribution in [3.05, 3.63) is 45.9 Å². The highest BCUT2D eigenvalue weighted by molar-refractivity contribution is 7.15. The molecule has 104 valence electrons. The van der Waals surface area contributed by atoms with E-state index in [1.807, 2.05) is 6.92 Å². The molecular formula is C13H12ClN3O2S. The van der Waals surface area contributed by atoms with Gasteiger partial charge < -0.3 is 10.6 Å². The lowest BCUT2D eigenvalue weighted by Crippen LogP contribution is -2.32. The molecule has 20 heavy (non-hydrogen) atoms. The largest absolute Gasteiger partial charge is 0.343 e. The fourth-order valence-electron chi connectivity index (χ4n) is 1.47. The topological polar surface area (TPSA) is 71.1 Å². The number of aromatic nitrogens is 1. The summed E-state index contributed by atoms with van der Waals surface area (Å²) in [4.78, 5) is 28.4. The molecule has 0 unspecified atom stereocenters. The van der Waals surface area contributed by atoms with Gasteiger partial charge in [-0.25, -0.2) is 4.98 Å². The van der Waals surface area contributed by atoms with Gasteiger partial charge in [0.1, 0.15) is 0 Å². The van der Waals surface area contributed by atoms with Crippen LogP contribution in [0.25, 0.3) is 0 Å². The number of halogens is 1. The lowest BCUT2D eigenvalue weighted by atomic mass is 10.2. The summed E-state index contributed by atoms with van der Waals surface area (Å²) >= 11 is 7.17. The molecule has 1 aromatic heterocycles. The van der Waals surface area contributed by atoms with Crippen LogP contribution >= 0.6 is 22.9 Å². The van der Waals surface area contributed by atoms with Gasteiger partial charge in [-0.15, -0.1) is 11.3 Å². The van der Waals surface area contributed by atoms with Gasteiger partial charge >= 0.3 is 0 Å². The highest BCUT2D eigenvalue weighted by Gasteiger charge is 2.09. The zero-order valence-electron chi connectivity index (χ0n) is 10.6. The second-order valence-corrected chi connectivity index (χ2v) is 5.69. The van der Waals surface area contributed by atoms with Gasteiger partial charge in [-0.2, -0.15) is 0 Å². The van der Waals surface area contributed by atoms with E-state index in [-0.39, 0.29) is 18.4 Å². The molecule has 0 spiro atoms. The average Bonchev–Trinajstić information content (AvgIpc) is 2.81. The summed E-state index contributed by atoms with van der Waals surface area (Å²) in [6, 6.07) is 6.52. The third-order valence-electron chi connectivity index (χ3n) is 2.36. The van der Waals surface area contributed by atoms with E-state index in [2.05, 4.69) is 15.6 Å². The molecule has 1 aromatic carbocycles. The number of nitrogens with zero attached hydrogens (tertiary/aromatic N) is 1. The highest BCUT2D eigenvalue weighted by Crippen LogP contribution is 2.16. The van der Waals surface area contributed by atoms with Gasteiger partial charge in [0.25, 0.3) is 5.91 Å². The first-order valence-electron chi connectivity index (χ1n) is 5.80. The van der Waals surface area contributed by atoms with Gasteiger partial charge in [0.2, 0.25) is 5.91 Å². The maximum atomic E-state index is 11.8. The molecule has 0 aliphatic carbocycles. The van der Waals surface area contributed by atoms with E-state index in [1.165, 1.54) is 11.3 Å². The number of hydrogen-bond acceptors (Lipinski definition) is 4. The van der Waals surface area contributed by atoms with Gasteiger partial charge in [-0.3, -0.25) is 9.59 Å². The Balaban J connectivity index is 1.85. The molecule has 2 N–H and O–H groups in total. The Morgan fingerprint density at radius 1 is 1.40 bits per heavy atom. The van der Waals surface area contributed by atoms with E-state index >= 15 is 0 Å². The number of thiazole rings is 1. The first-order valence-corrected chi connectivity index (χ1v) is 7.00. The third kappa shape index (κ3) is 4.04. The van der Waals surface area contributed by atoms with Crippen LogP contribution in [-0.4, -0.2) is 23.3 Å². The number of rotatable bonds is 4. The second kappa shape index (κ2) is 6.49. The van der Waals surface area contributed by atoms with Crippen LogP contribution in [0.4, 0.5) is 5.13 Å². The molecule has 2 aromatic rings. The molecule has 0 radical (unpaired) electrons. The van der Waals surface area contributed by atoms with E-state index < -0.39 is 0 Å². The number of hydrogen-bond donors (Lipinski definition) is 2. The maximum Gasteiger partial charge on any atom is 0.251 e. The number of anilines is 1.